The van der Waals surface area contributed by atoms with Gasteiger partial charge in [-0.25, -0.2) is 4.39 Å². The second-order valence-electron chi connectivity index (χ2n) is 5.12. The number of hydrogen-bond acceptors (Lipinski definition) is 2. The number of amides is 1. The summed E-state index contributed by atoms with van der Waals surface area (Å²) in [5.74, 6) is -0.283. The molecule has 1 amide bonds. The Balaban J connectivity index is 2.16. The summed E-state index contributed by atoms with van der Waals surface area (Å²) in [5, 5.41) is 9.32. The number of carbonyl (C=O) groups is 1. The van der Waals surface area contributed by atoms with Crippen LogP contribution in [0, 0.1) is 5.82 Å². The predicted octanol–water partition coefficient (Wildman–Crippen LogP) is 1.70. The van der Waals surface area contributed by atoms with Gasteiger partial charge in [-0.3, -0.25) is 4.79 Å². The summed E-state index contributed by atoms with van der Waals surface area (Å²) in [5.41, 5.74) is 0.378. The number of aliphatic hydroxyl groups is 1. The van der Waals surface area contributed by atoms with Crippen molar-refractivity contribution in [2.75, 3.05) is 13.6 Å². The molecule has 1 aromatic carbocycles. The highest BCUT2D eigenvalue weighted by molar-refractivity contribution is 5.91. The van der Waals surface area contributed by atoms with Crippen molar-refractivity contribution in [2.45, 2.75) is 31.3 Å². The summed E-state index contributed by atoms with van der Waals surface area (Å²) in [6.45, 7) is 1.98. The van der Waals surface area contributed by atoms with E-state index in [1.165, 1.54) is 12.1 Å². The van der Waals surface area contributed by atoms with E-state index in [4.69, 9.17) is 0 Å². The molecule has 2 rings (SSSR count). The van der Waals surface area contributed by atoms with Gasteiger partial charge in [-0.1, -0.05) is 12.1 Å². The topological polar surface area (TPSA) is 40.5 Å². The minimum absolute atomic E-state index is 0.00927. The van der Waals surface area contributed by atoms with Gasteiger partial charge in [0.25, 0.3) is 0 Å². The van der Waals surface area contributed by atoms with Crippen molar-refractivity contribution < 1.29 is 14.3 Å². The molecule has 0 aromatic heterocycles. The maximum Gasteiger partial charge on any atom is 0.233 e. The number of halogens is 1. The van der Waals surface area contributed by atoms with E-state index in [2.05, 4.69) is 0 Å². The van der Waals surface area contributed by atoms with Gasteiger partial charge in [-0.05, 0) is 37.5 Å². The van der Waals surface area contributed by atoms with Gasteiger partial charge in [0.15, 0.2) is 0 Å². The fourth-order valence-corrected chi connectivity index (χ4v) is 2.36. The molecular weight excluding hydrogens is 233 g/mol. The minimum Gasteiger partial charge on any atom is -0.392 e. The zero-order chi connectivity index (χ0) is 13.3. The summed E-state index contributed by atoms with van der Waals surface area (Å²) in [7, 11) is 1.69. The fraction of sp³-hybridized carbons (Fsp3) is 0.500. The average molecular weight is 251 g/mol. The van der Waals surface area contributed by atoms with E-state index in [0.29, 0.717) is 6.54 Å². The molecule has 1 unspecified atom stereocenters. The first-order valence-corrected chi connectivity index (χ1v) is 6.15. The zero-order valence-electron chi connectivity index (χ0n) is 10.7. The van der Waals surface area contributed by atoms with Crippen LogP contribution < -0.4 is 0 Å². The molecule has 0 heterocycles. The lowest BCUT2D eigenvalue weighted by molar-refractivity contribution is -0.133. The first kappa shape index (κ1) is 13.0. The van der Waals surface area contributed by atoms with Crippen LogP contribution in [0.5, 0.6) is 0 Å². The molecule has 18 heavy (non-hydrogen) atoms. The third-order valence-corrected chi connectivity index (χ3v) is 3.44. The molecule has 1 aliphatic carbocycles. The monoisotopic (exact) mass is 251 g/mol. The molecule has 1 fully saturated rings. The second-order valence-corrected chi connectivity index (χ2v) is 5.12. The molecule has 1 saturated carbocycles. The second kappa shape index (κ2) is 4.69. The maximum absolute atomic E-state index is 12.9. The zero-order valence-corrected chi connectivity index (χ0v) is 10.7. The van der Waals surface area contributed by atoms with E-state index in [0.717, 1.165) is 18.4 Å². The number of aliphatic hydroxyl groups excluding tert-OH is 1. The van der Waals surface area contributed by atoms with Gasteiger partial charge >= 0.3 is 0 Å². The van der Waals surface area contributed by atoms with E-state index < -0.39 is 11.5 Å². The molecule has 0 radical (unpaired) electrons. The average Bonchev–Trinajstić information content (AvgIpc) is 3.09. The predicted molar refractivity (Wildman–Crippen MR) is 66.6 cm³/mol. The van der Waals surface area contributed by atoms with Crippen LogP contribution in [0.4, 0.5) is 4.39 Å². The largest absolute Gasteiger partial charge is 0.392 e. The van der Waals surface area contributed by atoms with Crippen LogP contribution >= 0.6 is 0 Å². The number of rotatable bonds is 4. The van der Waals surface area contributed by atoms with Crippen molar-refractivity contribution in [3.63, 3.8) is 0 Å². The summed E-state index contributed by atoms with van der Waals surface area (Å²) in [6.07, 6.45) is 1.05. The van der Waals surface area contributed by atoms with Gasteiger partial charge in [-0.2, -0.15) is 0 Å². The highest BCUT2D eigenvalue weighted by Gasteiger charge is 2.52. The Hall–Kier alpha value is -1.42. The van der Waals surface area contributed by atoms with Crippen LogP contribution in [0.15, 0.2) is 24.3 Å². The van der Waals surface area contributed by atoms with Crippen LogP contribution in [0.1, 0.15) is 25.3 Å². The van der Waals surface area contributed by atoms with Crippen LogP contribution in [0.2, 0.25) is 0 Å². The van der Waals surface area contributed by atoms with Crippen LogP contribution in [-0.4, -0.2) is 35.6 Å². The molecule has 0 aliphatic heterocycles. The first-order chi connectivity index (χ1) is 8.45. The summed E-state index contributed by atoms with van der Waals surface area (Å²) in [6, 6.07) is 6.13. The standard InChI is InChI=1S/C14H18FNO2/c1-10(17)9-16(2)13(18)14(7-8-14)11-3-5-12(15)6-4-11/h3-6,10,17H,7-9H2,1-2H3. The smallest absolute Gasteiger partial charge is 0.233 e. The lowest BCUT2D eigenvalue weighted by atomic mass is 9.94. The first-order valence-electron chi connectivity index (χ1n) is 6.15. The van der Waals surface area contributed by atoms with E-state index in [9.17, 15) is 14.3 Å². The Morgan fingerprint density at radius 3 is 2.44 bits per heavy atom. The lowest BCUT2D eigenvalue weighted by Gasteiger charge is -2.24. The number of carbonyl (C=O) groups excluding carboxylic acids is 1. The molecule has 98 valence electrons. The normalized spacial score (nSPS) is 18.2. The third kappa shape index (κ3) is 2.38. The van der Waals surface area contributed by atoms with E-state index in [-0.39, 0.29) is 11.7 Å². The van der Waals surface area contributed by atoms with Gasteiger partial charge in [0, 0.05) is 13.6 Å². The van der Waals surface area contributed by atoms with E-state index in [1.54, 1.807) is 31.0 Å². The number of likely N-dealkylation sites (N-methyl/N-ethyl adjacent to an activating group) is 1. The Labute approximate surface area is 106 Å². The van der Waals surface area contributed by atoms with Gasteiger partial charge in [0.1, 0.15) is 5.82 Å². The van der Waals surface area contributed by atoms with Crippen molar-refractivity contribution in [2.24, 2.45) is 0 Å². The number of hydrogen-bond donors (Lipinski definition) is 1. The van der Waals surface area contributed by atoms with Gasteiger partial charge in [0.2, 0.25) is 5.91 Å². The van der Waals surface area contributed by atoms with Crippen molar-refractivity contribution in [3.8, 4) is 0 Å². The highest BCUT2D eigenvalue weighted by atomic mass is 19.1. The van der Waals surface area contributed by atoms with Gasteiger partial charge in [0.05, 0.1) is 11.5 Å². The molecule has 0 saturated heterocycles. The van der Waals surface area contributed by atoms with E-state index >= 15 is 0 Å². The Morgan fingerprint density at radius 1 is 1.44 bits per heavy atom. The molecule has 4 heteroatoms. The summed E-state index contributed by atoms with van der Waals surface area (Å²) in [4.78, 5) is 13.9. The molecule has 1 N–H and O–H groups in total. The highest BCUT2D eigenvalue weighted by Crippen LogP contribution is 2.49. The molecule has 0 spiro atoms. The fourth-order valence-electron chi connectivity index (χ4n) is 2.36. The third-order valence-electron chi connectivity index (χ3n) is 3.44. The lowest BCUT2D eigenvalue weighted by Crippen LogP contribution is -2.40. The van der Waals surface area contributed by atoms with Crippen LogP contribution in [0.3, 0.4) is 0 Å². The molecule has 0 bridgehead atoms. The summed E-state index contributed by atoms with van der Waals surface area (Å²) < 4.78 is 12.9. The van der Waals surface area contributed by atoms with Crippen LogP contribution in [0.25, 0.3) is 0 Å². The maximum atomic E-state index is 12.9. The van der Waals surface area contributed by atoms with E-state index in [1.807, 2.05) is 0 Å². The Bertz CT molecular complexity index is 438. The van der Waals surface area contributed by atoms with Crippen molar-refractivity contribution in [3.05, 3.63) is 35.6 Å². The Morgan fingerprint density at radius 2 is 2.00 bits per heavy atom. The quantitative estimate of drug-likeness (QED) is 0.884. The summed E-state index contributed by atoms with van der Waals surface area (Å²) >= 11 is 0. The molecule has 3 nitrogen and oxygen atoms in total. The van der Waals surface area contributed by atoms with Crippen LogP contribution in [-0.2, 0) is 10.2 Å². The minimum atomic E-state index is -0.539. The molecular formula is C14H18FNO2. The van der Waals surface area contributed by atoms with Gasteiger partial charge < -0.3 is 10.0 Å². The van der Waals surface area contributed by atoms with Gasteiger partial charge in [-0.15, -0.1) is 0 Å². The van der Waals surface area contributed by atoms with Crippen molar-refractivity contribution in [1.82, 2.24) is 4.90 Å². The SMILES string of the molecule is CC(O)CN(C)C(=O)C1(c2ccc(F)cc2)CC1. The van der Waals surface area contributed by atoms with Crippen molar-refractivity contribution in [1.29, 1.82) is 0 Å². The molecule has 1 atom stereocenters. The number of nitrogens with zero attached hydrogens (tertiary/aromatic N) is 1. The molecule has 1 aromatic rings. The van der Waals surface area contributed by atoms with Crippen molar-refractivity contribution >= 4 is 5.91 Å². The Kier molecular flexibility index (Phi) is 3.39. The molecule has 1 aliphatic rings. The number of benzene rings is 1.